The second-order valence-corrected chi connectivity index (χ2v) is 5.06. The molecule has 0 aliphatic heterocycles. The molecule has 0 bridgehead atoms. The maximum Gasteiger partial charge on any atom is 0.338 e. The van der Waals surface area contributed by atoms with Crippen LogP contribution in [-0.2, 0) is 4.74 Å². The van der Waals surface area contributed by atoms with Gasteiger partial charge in [-0.3, -0.25) is 0 Å². The predicted molar refractivity (Wildman–Crippen MR) is 78.5 cm³/mol. The zero-order chi connectivity index (χ0) is 13.9. The molecular weight excluding hydrogens is 274 g/mol. The second kappa shape index (κ2) is 5.26. The van der Waals surface area contributed by atoms with E-state index in [1.807, 2.05) is 24.3 Å². The summed E-state index contributed by atoms with van der Waals surface area (Å²) < 4.78 is 5.78. The van der Waals surface area contributed by atoms with Gasteiger partial charge in [0, 0.05) is 6.20 Å². The standard InChI is InChI=1S/C14H11N3O2S/c1-19-13(18)9-6-7-15-12(8-9)17-14-16-10-4-2-3-5-11(10)20-14/h2-8H,1H3,(H,15,16,17). The summed E-state index contributed by atoms with van der Waals surface area (Å²) >= 11 is 1.53. The highest BCUT2D eigenvalue weighted by molar-refractivity contribution is 7.22. The Kier molecular flexibility index (Phi) is 3.30. The first-order chi connectivity index (χ1) is 9.76. The van der Waals surface area contributed by atoms with Crippen molar-refractivity contribution >= 4 is 38.5 Å². The van der Waals surface area contributed by atoms with Crippen molar-refractivity contribution in [1.82, 2.24) is 9.97 Å². The van der Waals surface area contributed by atoms with Crippen LogP contribution in [0.25, 0.3) is 10.2 Å². The molecule has 3 aromatic rings. The number of para-hydroxylation sites is 1. The van der Waals surface area contributed by atoms with Gasteiger partial charge in [0.05, 0.1) is 22.9 Å². The summed E-state index contributed by atoms with van der Waals surface area (Å²) in [7, 11) is 1.35. The zero-order valence-corrected chi connectivity index (χ0v) is 11.5. The highest BCUT2D eigenvalue weighted by Gasteiger charge is 2.08. The Bertz CT molecular complexity index is 737. The fourth-order valence-corrected chi connectivity index (χ4v) is 2.65. The number of thiazole rings is 1. The topological polar surface area (TPSA) is 64.1 Å². The number of esters is 1. The second-order valence-electron chi connectivity index (χ2n) is 4.03. The number of anilines is 2. The van der Waals surface area contributed by atoms with Crippen molar-refractivity contribution in [1.29, 1.82) is 0 Å². The molecule has 20 heavy (non-hydrogen) atoms. The minimum absolute atomic E-state index is 0.389. The molecule has 5 nitrogen and oxygen atoms in total. The van der Waals surface area contributed by atoms with Crippen LogP contribution in [0.3, 0.4) is 0 Å². The van der Waals surface area contributed by atoms with Crippen LogP contribution in [0, 0.1) is 0 Å². The van der Waals surface area contributed by atoms with Crippen LogP contribution < -0.4 is 5.32 Å². The lowest BCUT2D eigenvalue weighted by Crippen LogP contribution is -2.02. The molecule has 0 saturated carbocycles. The van der Waals surface area contributed by atoms with E-state index in [9.17, 15) is 4.79 Å². The largest absolute Gasteiger partial charge is 0.465 e. The van der Waals surface area contributed by atoms with Crippen molar-refractivity contribution < 1.29 is 9.53 Å². The van der Waals surface area contributed by atoms with Crippen LogP contribution >= 0.6 is 11.3 Å². The molecule has 2 heterocycles. The third kappa shape index (κ3) is 2.46. The van der Waals surface area contributed by atoms with Crippen molar-refractivity contribution in [3.63, 3.8) is 0 Å². The van der Waals surface area contributed by atoms with Gasteiger partial charge in [0.15, 0.2) is 5.13 Å². The number of carbonyl (C=O) groups excluding carboxylic acids is 1. The molecule has 0 aliphatic carbocycles. The van der Waals surface area contributed by atoms with E-state index < -0.39 is 0 Å². The molecule has 0 radical (unpaired) electrons. The quantitative estimate of drug-likeness (QED) is 0.748. The van der Waals surface area contributed by atoms with Crippen LogP contribution in [0.2, 0.25) is 0 Å². The molecule has 0 unspecified atom stereocenters. The molecule has 0 amide bonds. The molecule has 100 valence electrons. The van der Waals surface area contributed by atoms with Gasteiger partial charge in [0.1, 0.15) is 5.82 Å². The first-order valence-corrected chi connectivity index (χ1v) is 6.75. The number of fused-ring (bicyclic) bond motifs is 1. The number of benzene rings is 1. The summed E-state index contributed by atoms with van der Waals surface area (Å²) in [5, 5.41) is 3.84. The van der Waals surface area contributed by atoms with Crippen LogP contribution in [-0.4, -0.2) is 23.0 Å². The third-order valence-electron chi connectivity index (χ3n) is 2.71. The average molecular weight is 285 g/mol. The van der Waals surface area contributed by atoms with Crippen molar-refractivity contribution in [3.8, 4) is 0 Å². The summed E-state index contributed by atoms with van der Waals surface area (Å²) in [4.78, 5) is 20.1. The van der Waals surface area contributed by atoms with Crippen LogP contribution in [0.4, 0.5) is 10.9 Å². The molecule has 0 atom stereocenters. The fraction of sp³-hybridized carbons (Fsp3) is 0.0714. The average Bonchev–Trinajstić information content (AvgIpc) is 2.88. The Hall–Kier alpha value is -2.47. The Morgan fingerprint density at radius 2 is 2.15 bits per heavy atom. The molecule has 0 aliphatic rings. The van der Waals surface area contributed by atoms with Crippen molar-refractivity contribution in [2.24, 2.45) is 0 Å². The Morgan fingerprint density at radius 1 is 1.30 bits per heavy atom. The minimum Gasteiger partial charge on any atom is -0.465 e. The molecule has 0 saturated heterocycles. The SMILES string of the molecule is COC(=O)c1ccnc(Nc2nc3ccccc3s2)c1. The Morgan fingerprint density at radius 3 is 2.95 bits per heavy atom. The maximum absolute atomic E-state index is 11.5. The van der Waals surface area contributed by atoms with Crippen molar-refractivity contribution in [2.45, 2.75) is 0 Å². The predicted octanol–water partition coefficient (Wildman–Crippen LogP) is 3.22. The van der Waals surface area contributed by atoms with E-state index in [1.54, 1.807) is 18.3 Å². The summed E-state index contributed by atoms with van der Waals surface area (Å²) in [6, 6.07) is 11.1. The number of carbonyl (C=O) groups is 1. The highest BCUT2D eigenvalue weighted by atomic mass is 32.1. The van der Waals surface area contributed by atoms with E-state index in [-0.39, 0.29) is 5.97 Å². The molecular formula is C14H11N3O2S. The zero-order valence-electron chi connectivity index (χ0n) is 10.7. The summed E-state index contributed by atoms with van der Waals surface area (Å²) in [6.07, 6.45) is 1.56. The molecule has 3 rings (SSSR count). The molecule has 6 heteroatoms. The molecule has 0 spiro atoms. The molecule has 2 aromatic heterocycles. The van der Waals surface area contributed by atoms with Gasteiger partial charge in [0.2, 0.25) is 0 Å². The number of hydrogen-bond acceptors (Lipinski definition) is 6. The van der Waals surface area contributed by atoms with Gasteiger partial charge in [-0.05, 0) is 24.3 Å². The lowest BCUT2D eigenvalue weighted by Gasteiger charge is -2.03. The number of hydrogen-bond donors (Lipinski definition) is 1. The Balaban J connectivity index is 1.88. The maximum atomic E-state index is 11.5. The summed E-state index contributed by atoms with van der Waals surface area (Å²) in [5.41, 5.74) is 1.38. The molecule has 0 fully saturated rings. The monoisotopic (exact) mass is 285 g/mol. The first kappa shape index (κ1) is 12.6. The van der Waals surface area contributed by atoms with E-state index in [0.717, 1.165) is 15.3 Å². The van der Waals surface area contributed by atoms with Gasteiger partial charge < -0.3 is 10.1 Å². The number of nitrogens with one attached hydrogen (secondary N) is 1. The van der Waals surface area contributed by atoms with Crippen LogP contribution in [0.5, 0.6) is 0 Å². The van der Waals surface area contributed by atoms with Crippen LogP contribution in [0.15, 0.2) is 42.6 Å². The normalized spacial score (nSPS) is 10.4. The molecule has 1 aromatic carbocycles. The molecule has 1 N–H and O–H groups in total. The number of nitrogens with zero attached hydrogens (tertiary/aromatic N) is 2. The van der Waals surface area contributed by atoms with E-state index in [1.165, 1.54) is 18.4 Å². The minimum atomic E-state index is -0.389. The van der Waals surface area contributed by atoms with E-state index in [2.05, 4.69) is 20.0 Å². The lowest BCUT2D eigenvalue weighted by molar-refractivity contribution is 0.0600. The number of aromatic nitrogens is 2. The van der Waals surface area contributed by atoms with Gasteiger partial charge in [-0.1, -0.05) is 23.5 Å². The Labute approximate surface area is 119 Å². The number of ether oxygens (including phenoxy) is 1. The highest BCUT2D eigenvalue weighted by Crippen LogP contribution is 2.27. The van der Waals surface area contributed by atoms with Gasteiger partial charge in [-0.2, -0.15) is 0 Å². The third-order valence-corrected chi connectivity index (χ3v) is 3.66. The fourth-order valence-electron chi connectivity index (χ4n) is 1.78. The smallest absolute Gasteiger partial charge is 0.338 e. The van der Waals surface area contributed by atoms with Crippen molar-refractivity contribution in [3.05, 3.63) is 48.2 Å². The summed E-state index contributed by atoms with van der Waals surface area (Å²) in [5.74, 6) is 0.173. The lowest BCUT2D eigenvalue weighted by atomic mass is 10.2. The van der Waals surface area contributed by atoms with E-state index in [0.29, 0.717) is 11.4 Å². The summed E-state index contributed by atoms with van der Waals surface area (Å²) in [6.45, 7) is 0. The number of pyridine rings is 1. The van der Waals surface area contributed by atoms with Gasteiger partial charge in [-0.25, -0.2) is 14.8 Å². The van der Waals surface area contributed by atoms with Crippen molar-refractivity contribution in [2.75, 3.05) is 12.4 Å². The van der Waals surface area contributed by atoms with E-state index >= 15 is 0 Å². The van der Waals surface area contributed by atoms with E-state index in [4.69, 9.17) is 0 Å². The van der Waals surface area contributed by atoms with Crippen LogP contribution in [0.1, 0.15) is 10.4 Å². The number of rotatable bonds is 3. The van der Waals surface area contributed by atoms with Gasteiger partial charge in [-0.15, -0.1) is 0 Å². The first-order valence-electron chi connectivity index (χ1n) is 5.93. The van der Waals surface area contributed by atoms with Gasteiger partial charge in [0.25, 0.3) is 0 Å². The number of methoxy groups -OCH3 is 1. The van der Waals surface area contributed by atoms with Gasteiger partial charge >= 0.3 is 5.97 Å².